The van der Waals surface area contributed by atoms with Crippen LogP contribution in [0.2, 0.25) is 5.02 Å². The highest BCUT2D eigenvalue weighted by Gasteiger charge is 2.27. The third-order valence-corrected chi connectivity index (χ3v) is 3.42. The summed E-state index contributed by atoms with van der Waals surface area (Å²) in [6, 6.07) is 16.0. The second kappa shape index (κ2) is 5.06. The van der Waals surface area contributed by atoms with Crippen molar-refractivity contribution in [3.8, 4) is 0 Å². The van der Waals surface area contributed by atoms with Crippen molar-refractivity contribution >= 4 is 17.5 Å². The monoisotopic (exact) mass is 271 g/mol. The molecule has 19 heavy (non-hydrogen) atoms. The Kier molecular flexibility index (Phi) is 3.26. The molecule has 0 N–H and O–H groups in total. The summed E-state index contributed by atoms with van der Waals surface area (Å²) in [4.78, 5) is 4.69. The third kappa shape index (κ3) is 2.24. The lowest BCUT2D eigenvalue weighted by Gasteiger charge is -2.09. The van der Waals surface area contributed by atoms with Gasteiger partial charge < -0.3 is 4.74 Å². The zero-order valence-electron chi connectivity index (χ0n) is 10.6. The number of hydrogen-bond acceptors (Lipinski definition) is 2. The van der Waals surface area contributed by atoms with Crippen molar-refractivity contribution in [2.45, 2.75) is 13.0 Å². The molecule has 2 nitrogen and oxygen atoms in total. The molecule has 0 aromatic heterocycles. The van der Waals surface area contributed by atoms with Gasteiger partial charge in [-0.1, -0.05) is 41.9 Å². The van der Waals surface area contributed by atoms with Crippen LogP contribution in [0, 0.1) is 0 Å². The SMILES string of the molecule is CCOC1=NC(c2ccccc2)c2cc(Cl)ccc21. The molecule has 0 aliphatic carbocycles. The maximum absolute atomic E-state index is 6.11. The molecule has 0 fully saturated rings. The Hall–Kier alpha value is -1.80. The number of benzene rings is 2. The van der Waals surface area contributed by atoms with Gasteiger partial charge in [0.2, 0.25) is 5.90 Å². The fourth-order valence-corrected chi connectivity index (χ4v) is 2.53. The molecule has 0 saturated heterocycles. The van der Waals surface area contributed by atoms with Gasteiger partial charge in [-0.3, -0.25) is 0 Å². The Labute approximate surface area is 117 Å². The quantitative estimate of drug-likeness (QED) is 0.801. The highest BCUT2D eigenvalue weighted by Crippen LogP contribution is 2.36. The number of halogens is 1. The standard InChI is InChI=1S/C16H14ClNO/c1-2-19-16-13-9-8-12(17)10-14(13)15(18-16)11-6-4-3-5-7-11/h3-10,15H,2H2,1H3. The van der Waals surface area contributed by atoms with Gasteiger partial charge in [0.15, 0.2) is 0 Å². The molecule has 0 saturated carbocycles. The van der Waals surface area contributed by atoms with E-state index in [1.807, 2.05) is 43.3 Å². The molecule has 1 unspecified atom stereocenters. The molecule has 1 aliphatic rings. The topological polar surface area (TPSA) is 21.6 Å². The zero-order chi connectivity index (χ0) is 13.2. The van der Waals surface area contributed by atoms with Crippen LogP contribution in [0.25, 0.3) is 0 Å². The Balaban J connectivity index is 2.10. The molecule has 3 heteroatoms. The van der Waals surface area contributed by atoms with E-state index >= 15 is 0 Å². The average Bonchev–Trinajstić information content (AvgIpc) is 2.78. The summed E-state index contributed by atoms with van der Waals surface area (Å²) in [5, 5.41) is 0.729. The predicted molar refractivity (Wildman–Crippen MR) is 77.9 cm³/mol. The Bertz CT molecular complexity index is 622. The van der Waals surface area contributed by atoms with Crippen LogP contribution >= 0.6 is 11.6 Å². The van der Waals surface area contributed by atoms with E-state index < -0.39 is 0 Å². The van der Waals surface area contributed by atoms with Crippen LogP contribution in [0.3, 0.4) is 0 Å². The molecule has 2 aromatic rings. The smallest absolute Gasteiger partial charge is 0.217 e. The van der Waals surface area contributed by atoms with Crippen LogP contribution in [0.15, 0.2) is 53.5 Å². The minimum absolute atomic E-state index is 0.0172. The molecule has 1 heterocycles. The van der Waals surface area contributed by atoms with Crippen molar-refractivity contribution in [1.29, 1.82) is 0 Å². The Morgan fingerprint density at radius 2 is 1.95 bits per heavy atom. The van der Waals surface area contributed by atoms with E-state index in [4.69, 9.17) is 21.3 Å². The molecule has 1 atom stereocenters. The van der Waals surface area contributed by atoms with Crippen LogP contribution in [0.1, 0.15) is 29.7 Å². The van der Waals surface area contributed by atoms with Gasteiger partial charge >= 0.3 is 0 Å². The van der Waals surface area contributed by atoms with Crippen LogP contribution in [0.4, 0.5) is 0 Å². The van der Waals surface area contributed by atoms with Gasteiger partial charge in [0.25, 0.3) is 0 Å². The minimum atomic E-state index is -0.0172. The van der Waals surface area contributed by atoms with Gasteiger partial charge in [-0.15, -0.1) is 0 Å². The van der Waals surface area contributed by atoms with Crippen LogP contribution in [-0.2, 0) is 4.74 Å². The van der Waals surface area contributed by atoms with Gasteiger partial charge in [-0.2, -0.15) is 0 Å². The van der Waals surface area contributed by atoms with Crippen molar-refractivity contribution in [1.82, 2.24) is 0 Å². The average molecular weight is 272 g/mol. The van der Waals surface area contributed by atoms with E-state index in [1.54, 1.807) is 0 Å². The number of ether oxygens (including phenoxy) is 1. The van der Waals surface area contributed by atoms with Gasteiger partial charge in [0.05, 0.1) is 6.61 Å². The fraction of sp³-hybridized carbons (Fsp3) is 0.188. The summed E-state index contributed by atoms with van der Waals surface area (Å²) in [7, 11) is 0. The first-order valence-electron chi connectivity index (χ1n) is 6.35. The number of hydrogen-bond donors (Lipinski definition) is 0. The maximum Gasteiger partial charge on any atom is 0.217 e. The van der Waals surface area contributed by atoms with Gasteiger partial charge in [0, 0.05) is 10.6 Å². The fourth-order valence-electron chi connectivity index (χ4n) is 2.35. The van der Waals surface area contributed by atoms with Gasteiger partial charge in [-0.25, -0.2) is 4.99 Å². The molecule has 0 amide bonds. The summed E-state index contributed by atoms with van der Waals surface area (Å²) in [6.45, 7) is 2.58. The molecule has 0 spiro atoms. The van der Waals surface area contributed by atoms with Crippen molar-refractivity contribution in [3.63, 3.8) is 0 Å². The summed E-state index contributed by atoms with van der Waals surface area (Å²) >= 11 is 6.11. The van der Waals surface area contributed by atoms with Gasteiger partial charge in [0.1, 0.15) is 6.04 Å². The van der Waals surface area contributed by atoms with Crippen molar-refractivity contribution in [2.75, 3.05) is 6.61 Å². The van der Waals surface area contributed by atoms with E-state index in [9.17, 15) is 0 Å². The van der Waals surface area contributed by atoms with E-state index in [0.29, 0.717) is 12.5 Å². The third-order valence-electron chi connectivity index (χ3n) is 3.18. The Morgan fingerprint density at radius 3 is 2.68 bits per heavy atom. The lowest BCUT2D eigenvalue weighted by molar-refractivity contribution is 0.328. The zero-order valence-corrected chi connectivity index (χ0v) is 11.4. The first-order chi connectivity index (χ1) is 9.29. The number of nitrogens with zero attached hydrogens (tertiary/aromatic N) is 1. The number of aliphatic imine (C=N–C) groups is 1. The molecule has 1 aliphatic heterocycles. The molecule has 2 aromatic carbocycles. The number of fused-ring (bicyclic) bond motifs is 1. The van der Waals surface area contributed by atoms with E-state index in [1.165, 1.54) is 0 Å². The molecule has 0 radical (unpaired) electrons. The van der Waals surface area contributed by atoms with Crippen molar-refractivity contribution in [3.05, 3.63) is 70.2 Å². The normalized spacial score (nSPS) is 16.9. The molecular weight excluding hydrogens is 258 g/mol. The minimum Gasteiger partial charge on any atom is -0.478 e. The first kappa shape index (κ1) is 12.2. The lowest BCUT2D eigenvalue weighted by atomic mass is 9.98. The highest BCUT2D eigenvalue weighted by molar-refractivity contribution is 6.30. The molecule has 96 valence electrons. The molecular formula is C16H14ClNO. The van der Waals surface area contributed by atoms with Crippen molar-refractivity contribution < 1.29 is 4.74 Å². The van der Waals surface area contributed by atoms with Gasteiger partial charge in [-0.05, 0) is 36.2 Å². The summed E-state index contributed by atoms with van der Waals surface area (Å²) in [5.41, 5.74) is 3.31. The first-order valence-corrected chi connectivity index (χ1v) is 6.72. The Morgan fingerprint density at radius 1 is 1.16 bits per heavy atom. The second-order valence-electron chi connectivity index (χ2n) is 4.41. The molecule has 0 bridgehead atoms. The molecule has 3 rings (SSSR count). The van der Waals surface area contributed by atoms with E-state index in [0.717, 1.165) is 21.7 Å². The van der Waals surface area contributed by atoms with Crippen LogP contribution < -0.4 is 0 Å². The highest BCUT2D eigenvalue weighted by atomic mass is 35.5. The second-order valence-corrected chi connectivity index (χ2v) is 4.85. The summed E-state index contributed by atoms with van der Waals surface area (Å²) in [5.74, 6) is 0.711. The summed E-state index contributed by atoms with van der Waals surface area (Å²) < 4.78 is 5.63. The van der Waals surface area contributed by atoms with E-state index in [2.05, 4.69) is 12.1 Å². The lowest BCUT2D eigenvalue weighted by Crippen LogP contribution is -2.03. The maximum atomic E-state index is 6.11. The van der Waals surface area contributed by atoms with E-state index in [-0.39, 0.29) is 6.04 Å². The van der Waals surface area contributed by atoms with Crippen LogP contribution in [-0.4, -0.2) is 12.5 Å². The summed E-state index contributed by atoms with van der Waals surface area (Å²) in [6.07, 6.45) is 0. The van der Waals surface area contributed by atoms with Crippen molar-refractivity contribution in [2.24, 2.45) is 4.99 Å². The predicted octanol–water partition coefficient (Wildman–Crippen LogP) is 4.23. The number of rotatable bonds is 2. The van der Waals surface area contributed by atoms with Crippen LogP contribution in [0.5, 0.6) is 0 Å². The largest absolute Gasteiger partial charge is 0.478 e.